The topological polar surface area (TPSA) is 86.3 Å². The first-order chi connectivity index (χ1) is 15.7. The minimum absolute atomic E-state index is 0.102. The molecule has 0 aliphatic carbocycles. The Bertz CT molecular complexity index is 1300. The summed E-state index contributed by atoms with van der Waals surface area (Å²) in [6.07, 6.45) is -2.97. The van der Waals surface area contributed by atoms with E-state index in [1.54, 1.807) is 18.7 Å². The van der Waals surface area contributed by atoms with Gasteiger partial charge in [-0.1, -0.05) is 11.6 Å². The molecular weight excluding hydrogens is 464 g/mol. The van der Waals surface area contributed by atoms with Gasteiger partial charge in [0.25, 0.3) is 12.9 Å². The van der Waals surface area contributed by atoms with E-state index in [2.05, 4.69) is 30.5 Å². The third-order valence-corrected chi connectivity index (χ3v) is 5.38. The molecule has 0 aliphatic rings. The highest BCUT2D eigenvalue weighted by Gasteiger charge is 2.24. The van der Waals surface area contributed by atoms with Gasteiger partial charge in [-0.15, -0.1) is 0 Å². The lowest BCUT2D eigenvalue weighted by atomic mass is 10.1. The summed E-state index contributed by atoms with van der Waals surface area (Å²) >= 11 is 5.98. The summed E-state index contributed by atoms with van der Waals surface area (Å²) in [7, 11) is 1.69. The fourth-order valence-electron chi connectivity index (χ4n) is 3.29. The summed E-state index contributed by atoms with van der Waals surface area (Å²) in [4.78, 5) is 11.9. The number of anilines is 2. The van der Waals surface area contributed by atoms with Crippen molar-refractivity contribution in [1.29, 1.82) is 0 Å². The molecule has 8 nitrogen and oxygen atoms in total. The number of halogens is 5. The monoisotopic (exact) mass is 480 g/mol. The maximum absolute atomic E-state index is 13.5. The first-order valence-corrected chi connectivity index (χ1v) is 9.95. The fraction of sp³-hybridized carbons (Fsp3) is 0.250. The van der Waals surface area contributed by atoms with Crippen LogP contribution in [0.2, 0.25) is 5.02 Å². The van der Waals surface area contributed by atoms with Gasteiger partial charge in [-0.05, 0) is 26.0 Å². The van der Waals surface area contributed by atoms with Crippen LogP contribution < -0.4 is 5.32 Å². The largest absolute Gasteiger partial charge is 0.325 e. The summed E-state index contributed by atoms with van der Waals surface area (Å²) in [5, 5.41) is 11.4. The molecule has 0 amide bonds. The Morgan fingerprint density at radius 2 is 1.76 bits per heavy atom. The van der Waals surface area contributed by atoms with Crippen molar-refractivity contribution < 1.29 is 17.6 Å². The van der Waals surface area contributed by atoms with E-state index < -0.39 is 18.5 Å². The predicted molar refractivity (Wildman–Crippen MR) is 113 cm³/mol. The van der Waals surface area contributed by atoms with Gasteiger partial charge >= 0.3 is 0 Å². The summed E-state index contributed by atoms with van der Waals surface area (Å²) in [6, 6.07) is 4.21. The van der Waals surface area contributed by atoms with E-state index >= 15 is 0 Å². The van der Waals surface area contributed by atoms with Gasteiger partial charge in [0.2, 0.25) is 0 Å². The molecule has 0 saturated heterocycles. The zero-order valence-corrected chi connectivity index (χ0v) is 18.3. The summed E-state index contributed by atoms with van der Waals surface area (Å²) in [5.74, 6) is 0.953. The summed E-state index contributed by atoms with van der Waals surface area (Å²) in [6.45, 7) is 3.31. The Kier molecular flexibility index (Phi) is 6.02. The second-order valence-electron chi connectivity index (χ2n) is 7.10. The second-order valence-corrected chi connectivity index (χ2v) is 7.48. The predicted octanol–water partition coefficient (Wildman–Crippen LogP) is 5.35. The number of aryl methyl sites for hydroxylation is 2. The van der Waals surface area contributed by atoms with Crippen LogP contribution in [-0.2, 0) is 7.05 Å². The lowest BCUT2D eigenvalue weighted by Crippen LogP contribution is -2.08. The molecular formula is C20H17ClF4N8. The standard InChI is InChI=1S/C20H17ClF4N8/c1-9-16(11-4-5-12(18(22)23)26-7-11)31-32(3)20(9)29-13-6-14(28-8-27-13)33-17(19(24)25)15(21)10(2)30-33/h4-8,18-19H,1-3H3,(H,27,28,29). The van der Waals surface area contributed by atoms with Crippen molar-refractivity contribution in [3.05, 3.63) is 58.4 Å². The number of nitrogens with one attached hydrogen (secondary N) is 1. The van der Waals surface area contributed by atoms with Crippen LogP contribution >= 0.6 is 11.6 Å². The highest BCUT2D eigenvalue weighted by atomic mass is 35.5. The minimum Gasteiger partial charge on any atom is -0.325 e. The molecule has 33 heavy (non-hydrogen) atoms. The van der Waals surface area contributed by atoms with Crippen molar-refractivity contribution in [2.75, 3.05) is 5.32 Å². The number of hydrogen-bond donors (Lipinski definition) is 1. The molecule has 4 aromatic rings. The van der Waals surface area contributed by atoms with Gasteiger partial charge in [-0.3, -0.25) is 9.67 Å². The smallest absolute Gasteiger partial charge is 0.282 e. The van der Waals surface area contributed by atoms with E-state index in [4.69, 9.17) is 11.6 Å². The molecule has 0 aromatic carbocycles. The quantitative estimate of drug-likeness (QED) is 0.374. The molecule has 0 atom stereocenters. The lowest BCUT2D eigenvalue weighted by molar-refractivity contribution is 0.142. The van der Waals surface area contributed by atoms with Crippen LogP contribution in [0.5, 0.6) is 0 Å². The molecule has 172 valence electrons. The Hall–Kier alpha value is -3.54. The van der Waals surface area contributed by atoms with Crippen molar-refractivity contribution in [2.45, 2.75) is 26.7 Å². The molecule has 0 spiro atoms. The first-order valence-electron chi connectivity index (χ1n) is 9.58. The molecule has 4 heterocycles. The van der Waals surface area contributed by atoms with Crippen LogP contribution in [0.4, 0.5) is 29.2 Å². The number of nitrogens with zero attached hydrogens (tertiary/aromatic N) is 7. The van der Waals surface area contributed by atoms with Gasteiger partial charge in [0.15, 0.2) is 5.82 Å². The van der Waals surface area contributed by atoms with Gasteiger partial charge in [0.05, 0.1) is 16.4 Å². The van der Waals surface area contributed by atoms with Gasteiger partial charge < -0.3 is 5.32 Å². The van der Waals surface area contributed by atoms with Gasteiger partial charge in [-0.2, -0.15) is 10.2 Å². The fourth-order valence-corrected chi connectivity index (χ4v) is 3.50. The van der Waals surface area contributed by atoms with Crippen LogP contribution in [0, 0.1) is 13.8 Å². The van der Waals surface area contributed by atoms with E-state index in [0.717, 1.165) is 4.68 Å². The Morgan fingerprint density at radius 3 is 2.39 bits per heavy atom. The maximum atomic E-state index is 13.5. The third kappa shape index (κ3) is 4.25. The summed E-state index contributed by atoms with van der Waals surface area (Å²) < 4.78 is 55.1. The number of alkyl halides is 4. The molecule has 4 rings (SSSR count). The number of aromatic nitrogens is 7. The highest BCUT2D eigenvalue weighted by Crippen LogP contribution is 2.32. The van der Waals surface area contributed by atoms with Crippen LogP contribution in [-0.4, -0.2) is 34.5 Å². The molecule has 0 saturated carbocycles. The SMILES string of the molecule is Cc1nn(-c2cc(Nc3c(C)c(-c4ccc(C(F)F)nc4)nn3C)ncn2)c(C(F)F)c1Cl. The average molecular weight is 481 g/mol. The van der Waals surface area contributed by atoms with Crippen LogP contribution in [0.25, 0.3) is 17.1 Å². The minimum atomic E-state index is -2.85. The Morgan fingerprint density at radius 1 is 1.00 bits per heavy atom. The summed E-state index contributed by atoms with van der Waals surface area (Å²) in [5.41, 5.74) is 1.27. The second kappa shape index (κ2) is 8.77. The molecule has 1 N–H and O–H groups in total. The van der Waals surface area contributed by atoms with Crippen molar-refractivity contribution in [3.63, 3.8) is 0 Å². The molecule has 0 aliphatic heterocycles. The van der Waals surface area contributed by atoms with Gasteiger partial charge in [0.1, 0.15) is 29.4 Å². The first kappa shape index (κ1) is 22.6. The maximum Gasteiger partial charge on any atom is 0.282 e. The molecule has 4 aromatic heterocycles. The van der Waals surface area contributed by atoms with Gasteiger partial charge in [-0.25, -0.2) is 32.2 Å². The lowest BCUT2D eigenvalue weighted by Gasteiger charge is -2.10. The van der Waals surface area contributed by atoms with Crippen LogP contribution in [0.15, 0.2) is 30.7 Å². The average Bonchev–Trinajstić information content (AvgIpc) is 3.24. The number of hydrogen-bond acceptors (Lipinski definition) is 6. The zero-order valence-electron chi connectivity index (χ0n) is 17.6. The number of pyridine rings is 1. The normalized spacial score (nSPS) is 11.6. The van der Waals surface area contributed by atoms with Crippen molar-refractivity contribution in [1.82, 2.24) is 34.5 Å². The highest BCUT2D eigenvalue weighted by molar-refractivity contribution is 6.31. The van der Waals surface area contributed by atoms with E-state index in [1.807, 2.05) is 0 Å². The third-order valence-electron chi connectivity index (χ3n) is 4.91. The molecule has 13 heteroatoms. The molecule has 0 unspecified atom stereocenters. The molecule has 0 radical (unpaired) electrons. The van der Waals surface area contributed by atoms with Crippen LogP contribution in [0.3, 0.4) is 0 Å². The van der Waals surface area contributed by atoms with Gasteiger partial charge in [0, 0.05) is 30.4 Å². The zero-order chi connectivity index (χ0) is 23.9. The van der Waals surface area contributed by atoms with Crippen molar-refractivity contribution >= 4 is 23.2 Å². The Labute approximate surface area is 190 Å². The van der Waals surface area contributed by atoms with Crippen LogP contribution in [0.1, 0.15) is 35.5 Å². The van der Waals surface area contributed by atoms with E-state index in [9.17, 15) is 17.6 Å². The van der Waals surface area contributed by atoms with Crippen molar-refractivity contribution in [3.8, 4) is 17.1 Å². The van der Waals surface area contributed by atoms with E-state index in [-0.39, 0.29) is 22.2 Å². The van der Waals surface area contributed by atoms with E-state index in [1.165, 1.54) is 37.6 Å². The molecule has 0 bridgehead atoms. The Balaban J connectivity index is 1.67. The van der Waals surface area contributed by atoms with Crippen molar-refractivity contribution in [2.24, 2.45) is 7.05 Å². The van der Waals surface area contributed by atoms with E-state index in [0.29, 0.717) is 28.5 Å². The molecule has 0 fully saturated rings. The number of rotatable bonds is 6.